The zero-order valence-electron chi connectivity index (χ0n) is 8.09. The third-order valence-corrected chi connectivity index (χ3v) is 3.02. The van der Waals surface area contributed by atoms with Crippen LogP contribution in [0.3, 0.4) is 0 Å². The van der Waals surface area contributed by atoms with Crippen molar-refractivity contribution >= 4 is 17.3 Å². The van der Waals surface area contributed by atoms with Crippen LogP contribution in [0.15, 0.2) is 18.2 Å². The molecule has 1 heterocycles. The summed E-state index contributed by atoms with van der Waals surface area (Å²) in [6.45, 7) is 2.14. The van der Waals surface area contributed by atoms with Crippen molar-refractivity contribution in [1.82, 2.24) is 5.32 Å². The van der Waals surface area contributed by atoms with E-state index in [4.69, 9.17) is 17.3 Å². The van der Waals surface area contributed by atoms with Crippen LogP contribution in [-0.4, -0.2) is 13.1 Å². The topological polar surface area (TPSA) is 38.0 Å². The maximum Gasteiger partial charge on any atom is 0.0410 e. The van der Waals surface area contributed by atoms with Crippen LogP contribution in [0.4, 0.5) is 5.69 Å². The van der Waals surface area contributed by atoms with Crippen molar-refractivity contribution in [2.24, 2.45) is 0 Å². The molecule has 14 heavy (non-hydrogen) atoms. The molecule has 1 aliphatic rings. The maximum atomic E-state index is 5.96. The SMILES string of the molecule is Nc1ccc(Cl)cc1[C@H]1CCCNC1. The van der Waals surface area contributed by atoms with Gasteiger partial charge in [-0.2, -0.15) is 0 Å². The van der Waals surface area contributed by atoms with Crippen LogP contribution >= 0.6 is 11.6 Å². The third-order valence-electron chi connectivity index (χ3n) is 2.79. The number of nitrogens with one attached hydrogen (secondary N) is 1. The monoisotopic (exact) mass is 210 g/mol. The Balaban J connectivity index is 2.24. The van der Waals surface area contributed by atoms with Gasteiger partial charge in [0.1, 0.15) is 0 Å². The molecule has 1 aromatic carbocycles. The lowest BCUT2D eigenvalue weighted by Crippen LogP contribution is -2.28. The summed E-state index contributed by atoms with van der Waals surface area (Å²) in [5, 5.41) is 4.16. The highest BCUT2D eigenvalue weighted by molar-refractivity contribution is 6.30. The number of nitrogens with two attached hydrogens (primary N) is 1. The summed E-state index contributed by atoms with van der Waals surface area (Å²) in [5.74, 6) is 0.530. The zero-order chi connectivity index (χ0) is 9.97. The predicted octanol–water partition coefficient (Wildman–Crippen LogP) is 2.39. The lowest BCUT2D eigenvalue weighted by Gasteiger charge is -2.24. The van der Waals surface area contributed by atoms with Gasteiger partial charge in [0.25, 0.3) is 0 Å². The minimum Gasteiger partial charge on any atom is -0.398 e. The van der Waals surface area contributed by atoms with E-state index in [1.807, 2.05) is 18.2 Å². The molecule has 3 N–H and O–H groups in total. The molecule has 0 aromatic heterocycles. The summed E-state index contributed by atoms with van der Waals surface area (Å²) in [6.07, 6.45) is 2.42. The van der Waals surface area contributed by atoms with Crippen molar-refractivity contribution in [1.29, 1.82) is 0 Å². The highest BCUT2D eigenvalue weighted by Gasteiger charge is 2.17. The van der Waals surface area contributed by atoms with Gasteiger partial charge in [-0.25, -0.2) is 0 Å². The average Bonchev–Trinajstić information content (AvgIpc) is 2.23. The van der Waals surface area contributed by atoms with Crippen molar-refractivity contribution < 1.29 is 0 Å². The number of hydrogen-bond donors (Lipinski definition) is 2. The van der Waals surface area contributed by atoms with E-state index in [0.29, 0.717) is 5.92 Å². The number of piperidine rings is 1. The van der Waals surface area contributed by atoms with E-state index in [-0.39, 0.29) is 0 Å². The lowest BCUT2D eigenvalue weighted by molar-refractivity contribution is 0.462. The fraction of sp³-hybridized carbons (Fsp3) is 0.455. The smallest absolute Gasteiger partial charge is 0.0410 e. The van der Waals surface area contributed by atoms with Gasteiger partial charge in [-0.3, -0.25) is 0 Å². The highest BCUT2D eigenvalue weighted by atomic mass is 35.5. The molecule has 0 bridgehead atoms. The van der Waals surface area contributed by atoms with Gasteiger partial charge in [-0.1, -0.05) is 11.6 Å². The number of benzene rings is 1. The van der Waals surface area contributed by atoms with Crippen molar-refractivity contribution in [3.63, 3.8) is 0 Å². The van der Waals surface area contributed by atoms with Crippen molar-refractivity contribution in [3.8, 4) is 0 Å². The Morgan fingerprint density at radius 1 is 1.43 bits per heavy atom. The Labute approximate surface area is 89.4 Å². The second kappa shape index (κ2) is 4.20. The molecule has 0 aliphatic carbocycles. The second-order valence-electron chi connectivity index (χ2n) is 3.82. The Morgan fingerprint density at radius 2 is 2.29 bits per heavy atom. The highest BCUT2D eigenvalue weighted by Crippen LogP contribution is 2.29. The van der Waals surface area contributed by atoms with E-state index in [0.717, 1.165) is 23.8 Å². The van der Waals surface area contributed by atoms with E-state index < -0.39 is 0 Å². The molecule has 1 saturated heterocycles. The fourth-order valence-electron chi connectivity index (χ4n) is 2.02. The zero-order valence-corrected chi connectivity index (χ0v) is 8.85. The van der Waals surface area contributed by atoms with Gasteiger partial charge in [0, 0.05) is 17.3 Å². The summed E-state index contributed by atoms with van der Waals surface area (Å²) in [7, 11) is 0. The molecule has 76 valence electrons. The van der Waals surface area contributed by atoms with E-state index in [2.05, 4.69) is 5.32 Å². The number of nitrogen functional groups attached to an aromatic ring is 1. The van der Waals surface area contributed by atoms with Crippen molar-refractivity contribution in [2.75, 3.05) is 18.8 Å². The molecular formula is C11H15ClN2. The van der Waals surface area contributed by atoms with Gasteiger partial charge in [-0.15, -0.1) is 0 Å². The van der Waals surface area contributed by atoms with Gasteiger partial charge in [0.05, 0.1) is 0 Å². The van der Waals surface area contributed by atoms with Crippen LogP contribution in [0, 0.1) is 0 Å². The molecule has 1 aromatic rings. The van der Waals surface area contributed by atoms with E-state index in [9.17, 15) is 0 Å². The van der Waals surface area contributed by atoms with E-state index in [1.54, 1.807) is 0 Å². The molecule has 3 heteroatoms. The first kappa shape index (κ1) is 9.81. The van der Waals surface area contributed by atoms with Gasteiger partial charge in [-0.05, 0) is 49.1 Å². The Hall–Kier alpha value is -0.730. The van der Waals surface area contributed by atoms with Crippen LogP contribution in [0.2, 0.25) is 5.02 Å². The molecular weight excluding hydrogens is 196 g/mol. The standard InChI is InChI=1S/C11H15ClN2/c12-9-3-4-11(13)10(6-9)8-2-1-5-14-7-8/h3-4,6,8,14H,1-2,5,7,13H2/t8-/m0/s1. The third kappa shape index (κ3) is 2.02. The van der Waals surface area contributed by atoms with Gasteiger partial charge in [0.2, 0.25) is 0 Å². The molecule has 0 radical (unpaired) electrons. The number of rotatable bonds is 1. The summed E-state index contributed by atoms with van der Waals surface area (Å²) < 4.78 is 0. The molecule has 0 spiro atoms. The molecule has 1 atom stereocenters. The van der Waals surface area contributed by atoms with E-state index >= 15 is 0 Å². The van der Waals surface area contributed by atoms with Crippen molar-refractivity contribution in [2.45, 2.75) is 18.8 Å². The molecule has 2 rings (SSSR count). The molecule has 1 fully saturated rings. The average molecular weight is 211 g/mol. The van der Waals surface area contributed by atoms with Crippen LogP contribution in [-0.2, 0) is 0 Å². The quantitative estimate of drug-likeness (QED) is 0.699. The Kier molecular flexibility index (Phi) is 2.94. The lowest BCUT2D eigenvalue weighted by atomic mass is 9.90. The Bertz CT molecular complexity index is 319. The number of anilines is 1. The summed E-state index contributed by atoms with van der Waals surface area (Å²) in [4.78, 5) is 0. The van der Waals surface area contributed by atoms with Gasteiger partial charge in [0.15, 0.2) is 0 Å². The minimum absolute atomic E-state index is 0.530. The molecule has 2 nitrogen and oxygen atoms in total. The molecule has 0 amide bonds. The minimum atomic E-state index is 0.530. The first-order chi connectivity index (χ1) is 6.77. The fourth-order valence-corrected chi connectivity index (χ4v) is 2.20. The summed E-state index contributed by atoms with van der Waals surface area (Å²) in [6, 6.07) is 5.73. The second-order valence-corrected chi connectivity index (χ2v) is 4.25. The normalized spacial score (nSPS) is 22.2. The van der Waals surface area contributed by atoms with Crippen LogP contribution in [0.25, 0.3) is 0 Å². The predicted molar refractivity (Wildman–Crippen MR) is 60.7 cm³/mol. The van der Waals surface area contributed by atoms with Crippen LogP contribution in [0.5, 0.6) is 0 Å². The molecule has 1 aliphatic heterocycles. The maximum absolute atomic E-state index is 5.96. The molecule has 0 unspecified atom stereocenters. The Morgan fingerprint density at radius 3 is 3.00 bits per heavy atom. The first-order valence-electron chi connectivity index (χ1n) is 5.03. The summed E-state index contributed by atoms with van der Waals surface area (Å²) in [5.41, 5.74) is 8.00. The number of hydrogen-bond acceptors (Lipinski definition) is 2. The van der Waals surface area contributed by atoms with Gasteiger partial charge >= 0.3 is 0 Å². The number of halogens is 1. The van der Waals surface area contributed by atoms with Gasteiger partial charge < -0.3 is 11.1 Å². The van der Waals surface area contributed by atoms with Crippen LogP contribution in [0.1, 0.15) is 24.3 Å². The van der Waals surface area contributed by atoms with Crippen LogP contribution < -0.4 is 11.1 Å². The summed E-state index contributed by atoms with van der Waals surface area (Å²) >= 11 is 5.96. The first-order valence-corrected chi connectivity index (χ1v) is 5.41. The van der Waals surface area contributed by atoms with Crippen molar-refractivity contribution in [3.05, 3.63) is 28.8 Å². The van der Waals surface area contributed by atoms with E-state index in [1.165, 1.54) is 18.4 Å². The largest absolute Gasteiger partial charge is 0.398 e. The molecule has 0 saturated carbocycles.